The minimum atomic E-state index is -0.413. The molecule has 0 aromatic heterocycles. The Balaban J connectivity index is 1.77. The lowest BCUT2D eigenvalue weighted by Gasteiger charge is -2.21. The van der Waals surface area contributed by atoms with Gasteiger partial charge in [-0.05, 0) is 63.1 Å². The Bertz CT molecular complexity index is 841. The summed E-state index contributed by atoms with van der Waals surface area (Å²) in [4.78, 5) is 27.9. The lowest BCUT2D eigenvalue weighted by Crippen LogP contribution is -2.21. The molecule has 1 fully saturated rings. The summed E-state index contributed by atoms with van der Waals surface area (Å²) in [6, 6.07) is 12.3. The number of nitro groups is 1. The zero-order chi connectivity index (χ0) is 20.1. The van der Waals surface area contributed by atoms with E-state index in [0.717, 1.165) is 44.7 Å². The number of nitro benzene ring substituents is 1. The molecule has 28 heavy (non-hydrogen) atoms. The molecule has 148 valence electrons. The minimum absolute atomic E-state index is 0.0218. The van der Waals surface area contributed by atoms with E-state index in [0.29, 0.717) is 11.4 Å². The van der Waals surface area contributed by atoms with Crippen molar-refractivity contribution in [3.05, 3.63) is 58.1 Å². The second-order valence-electron chi connectivity index (χ2n) is 6.83. The number of anilines is 3. The molecule has 1 aliphatic rings. The molecule has 0 unspecified atom stereocenters. The summed E-state index contributed by atoms with van der Waals surface area (Å²) in [6.45, 7) is 7.64. The summed E-state index contributed by atoms with van der Waals surface area (Å²) in [5.41, 5.74) is 2.59. The molecule has 0 atom stereocenters. The van der Waals surface area contributed by atoms with E-state index in [4.69, 9.17) is 0 Å². The molecule has 7 heteroatoms. The Kier molecular flexibility index (Phi) is 6.13. The second kappa shape index (κ2) is 8.73. The minimum Gasteiger partial charge on any atom is -0.372 e. The van der Waals surface area contributed by atoms with Crippen molar-refractivity contribution in [1.29, 1.82) is 0 Å². The van der Waals surface area contributed by atoms with E-state index in [1.807, 2.05) is 29.2 Å². The molecule has 1 heterocycles. The topological polar surface area (TPSA) is 78.7 Å². The van der Waals surface area contributed by atoms with Crippen LogP contribution in [0.5, 0.6) is 0 Å². The fraction of sp³-hybridized carbons (Fsp3) is 0.381. The van der Waals surface area contributed by atoms with Crippen LogP contribution in [0.4, 0.5) is 22.7 Å². The zero-order valence-corrected chi connectivity index (χ0v) is 16.4. The number of nitrogens with one attached hydrogen (secondary N) is 1. The summed E-state index contributed by atoms with van der Waals surface area (Å²) in [5.74, 6) is -0.355. The maximum atomic E-state index is 12.6. The molecular weight excluding hydrogens is 356 g/mol. The van der Waals surface area contributed by atoms with Crippen molar-refractivity contribution in [3.63, 3.8) is 0 Å². The SMILES string of the molecule is CCN(CC)c1ccc(NC(=O)c2ccc(N3CCCC3)c([N+](=O)[O-])c2)cc1. The average Bonchev–Trinajstić information content (AvgIpc) is 3.24. The van der Waals surface area contributed by atoms with Gasteiger partial charge in [-0.25, -0.2) is 0 Å². The van der Waals surface area contributed by atoms with Crippen molar-refractivity contribution in [2.45, 2.75) is 26.7 Å². The smallest absolute Gasteiger partial charge is 0.293 e. The molecule has 3 rings (SSSR count). The van der Waals surface area contributed by atoms with Gasteiger partial charge in [0.15, 0.2) is 0 Å². The number of nitrogens with zero attached hydrogens (tertiary/aromatic N) is 3. The maximum Gasteiger partial charge on any atom is 0.293 e. The summed E-state index contributed by atoms with van der Waals surface area (Å²) in [6.07, 6.45) is 2.06. The fourth-order valence-corrected chi connectivity index (χ4v) is 3.58. The first-order valence-corrected chi connectivity index (χ1v) is 9.73. The van der Waals surface area contributed by atoms with Gasteiger partial charge in [0.05, 0.1) is 4.92 Å². The van der Waals surface area contributed by atoms with Crippen molar-refractivity contribution < 1.29 is 9.72 Å². The molecule has 0 aliphatic carbocycles. The van der Waals surface area contributed by atoms with Crippen LogP contribution in [0.1, 0.15) is 37.0 Å². The average molecular weight is 382 g/mol. The van der Waals surface area contributed by atoms with Gasteiger partial charge in [0.1, 0.15) is 5.69 Å². The quantitative estimate of drug-likeness (QED) is 0.571. The maximum absolute atomic E-state index is 12.6. The van der Waals surface area contributed by atoms with E-state index in [9.17, 15) is 14.9 Å². The highest BCUT2D eigenvalue weighted by atomic mass is 16.6. The van der Waals surface area contributed by atoms with E-state index in [1.54, 1.807) is 12.1 Å². The highest BCUT2D eigenvalue weighted by Crippen LogP contribution is 2.32. The molecule has 2 aromatic rings. The van der Waals surface area contributed by atoms with Gasteiger partial charge < -0.3 is 15.1 Å². The van der Waals surface area contributed by atoms with Crippen LogP contribution in [0.2, 0.25) is 0 Å². The first-order valence-electron chi connectivity index (χ1n) is 9.73. The van der Waals surface area contributed by atoms with Crippen molar-refractivity contribution in [2.24, 2.45) is 0 Å². The molecule has 0 radical (unpaired) electrons. The van der Waals surface area contributed by atoms with Crippen LogP contribution in [0.15, 0.2) is 42.5 Å². The first kappa shape index (κ1) is 19.7. The lowest BCUT2D eigenvalue weighted by molar-refractivity contribution is -0.384. The fourth-order valence-electron chi connectivity index (χ4n) is 3.58. The molecule has 7 nitrogen and oxygen atoms in total. The van der Waals surface area contributed by atoms with Crippen molar-refractivity contribution in [1.82, 2.24) is 0 Å². The molecular formula is C21H26N4O3. The van der Waals surface area contributed by atoms with E-state index in [-0.39, 0.29) is 17.2 Å². The Morgan fingerprint density at radius 1 is 1.11 bits per heavy atom. The van der Waals surface area contributed by atoms with Gasteiger partial charge in [-0.3, -0.25) is 14.9 Å². The highest BCUT2D eigenvalue weighted by molar-refractivity contribution is 6.05. The van der Waals surface area contributed by atoms with Crippen LogP contribution in [-0.4, -0.2) is 37.0 Å². The molecule has 1 N–H and O–H groups in total. The largest absolute Gasteiger partial charge is 0.372 e. The van der Waals surface area contributed by atoms with Gasteiger partial charge in [-0.15, -0.1) is 0 Å². The third kappa shape index (κ3) is 4.24. The Morgan fingerprint density at radius 3 is 2.32 bits per heavy atom. The van der Waals surface area contributed by atoms with Gasteiger partial charge in [-0.2, -0.15) is 0 Å². The monoisotopic (exact) mass is 382 g/mol. The summed E-state index contributed by atoms with van der Waals surface area (Å²) < 4.78 is 0. The third-order valence-electron chi connectivity index (χ3n) is 5.13. The van der Waals surface area contributed by atoms with Gasteiger partial charge in [-0.1, -0.05) is 0 Å². The molecule has 0 bridgehead atoms. The number of benzene rings is 2. The number of rotatable bonds is 7. The number of hydrogen-bond acceptors (Lipinski definition) is 5. The van der Waals surface area contributed by atoms with Crippen LogP contribution in [0, 0.1) is 10.1 Å². The zero-order valence-electron chi connectivity index (χ0n) is 16.4. The predicted octanol–water partition coefficient (Wildman–Crippen LogP) is 4.29. The molecule has 1 amide bonds. The standard InChI is InChI=1S/C21H26N4O3/c1-3-23(4-2)18-10-8-17(9-11-18)22-21(26)16-7-12-19(20(15-16)25(27)28)24-13-5-6-14-24/h7-12,15H,3-6,13-14H2,1-2H3,(H,22,26). The van der Waals surface area contributed by atoms with Gasteiger partial charge in [0, 0.05) is 49.2 Å². The molecule has 1 saturated heterocycles. The van der Waals surface area contributed by atoms with Gasteiger partial charge in [0.25, 0.3) is 11.6 Å². The molecule has 2 aromatic carbocycles. The number of carbonyl (C=O) groups excluding carboxylic acids is 1. The van der Waals surface area contributed by atoms with Crippen LogP contribution in [0.25, 0.3) is 0 Å². The summed E-state index contributed by atoms with van der Waals surface area (Å²) in [5, 5.41) is 14.3. The van der Waals surface area contributed by atoms with Crippen molar-refractivity contribution in [3.8, 4) is 0 Å². The predicted molar refractivity (Wildman–Crippen MR) is 112 cm³/mol. The summed E-state index contributed by atoms with van der Waals surface area (Å²) >= 11 is 0. The third-order valence-corrected chi connectivity index (χ3v) is 5.13. The lowest BCUT2D eigenvalue weighted by atomic mass is 10.1. The van der Waals surface area contributed by atoms with Gasteiger partial charge >= 0.3 is 0 Å². The van der Waals surface area contributed by atoms with Crippen LogP contribution < -0.4 is 15.1 Å². The van der Waals surface area contributed by atoms with E-state index >= 15 is 0 Å². The number of hydrogen-bond donors (Lipinski definition) is 1. The molecule has 0 saturated carbocycles. The van der Waals surface area contributed by atoms with E-state index in [1.165, 1.54) is 6.07 Å². The van der Waals surface area contributed by atoms with Crippen LogP contribution >= 0.6 is 0 Å². The Labute approximate surface area is 165 Å². The Hall–Kier alpha value is -3.09. The number of carbonyl (C=O) groups is 1. The van der Waals surface area contributed by atoms with Crippen molar-refractivity contribution >= 4 is 28.7 Å². The number of amides is 1. The Morgan fingerprint density at radius 2 is 1.75 bits per heavy atom. The second-order valence-corrected chi connectivity index (χ2v) is 6.83. The van der Waals surface area contributed by atoms with E-state index < -0.39 is 4.92 Å². The van der Waals surface area contributed by atoms with Gasteiger partial charge in [0.2, 0.25) is 0 Å². The molecule has 1 aliphatic heterocycles. The van der Waals surface area contributed by atoms with Crippen LogP contribution in [0.3, 0.4) is 0 Å². The van der Waals surface area contributed by atoms with Crippen LogP contribution in [-0.2, 0) is 0 Å². The van der Waals surface area contributed by atoms with Crippen molar-refractivity contribution in [2.75, 3.05) is 41.3 Å². The normalized spacial score (nSPS) is 13.4. The first-order chi connectivity index (χ1) is 13.5. The molecule has 0 spiro atoms. The van der Waals surface area contributed by atoms with E-state index in [2.05, 4.69) is 24.1 Å². The summed E-state index contributed by atoms with van der Waals surface area (Å²) in [7, 11) is 0. The highest BCUT2D eigenvalue weighted by Gasteiger charge is 2.23.